The molecule has 0 amide bonds. The molecule has 1 aliphatic carbocycles. The molecule has 1 aromatic heterocycles. The number of rotatable bonds is 3. The van der Waals surface area contributed by atoms with Crippen LogP contribution >= 0.6 is 11.8 Å². The van der Waals surface area contributed by atoms with Gasteiger partial charge in [0.2, 0.25) is 0 Å². The molecule has 0 bridgehead atoms. The van der Waals surface area contributed by atoms with E-state index in [-0.39, 0.29) is 5.84 Å². The molecule has 0 radical (unpaired) electrons. The molecular formula is C14H14N4OS. The first-order valence-electron chi connectivity index (χ1n) is 6.38. The Kier molecular flexibility index (Phi) is 3.66. The molecule has 5 nitrogen and oxygen atoms in total. The van der Waals surface area contributed by atoms with Gasteiger partial charge in [-0.1, -0.05) is 17.8 Å². The van der Waals surface area contributed by atoms with Crippen molar-refractivity contribution in [3.8, 4) is 0 Å². The maximum atomic E-state index is 8.87. The molecule has 1 aromatic carbocycles. The summed E-state index contributed by atoms with van der Waals surface area (Å²) in [6, 6.07) is 8.08. The Bertz CT molecular complexity index is 659. The number of fused-ring (bicyclic) bond motifs is 1. The van der Waals surface area contributed by atoms with E-state index in [1.54, 1.807) is 6.07 Å². The Balaban J connectivity index is 1.90. The average molecular weight is 286 g/mol. The minimum absolute atomic E-state index is 0.0800. The van der Waals surface area contributed by atoms with Gasteiger partial charge in [-0.05, 0) is 48.6 Å². The summed E-state index contributed by atoms with van der Waals surface area (Å²) >= 11 is 1.46. The summed E-state index contributed by atoms with van der Waals surface area (Å²) in [7, 11) is 0. The van der Waals surface area contributed by atoms with Crippen molar-refractivity contribution in [1.29, 1.82) is 5.41 Å². The van der Waals surface area contributed by atoms with Crippen LogP contribution in [0.25, 0.3) is 0 Å². The van der Waals surface area contributed by atoms with Crippen LogP contribution in [0, 0.1) is 5.41 Å². The molecule has 102 valence electrons. The van der Waals surface area contributed by atoms with Crippen LogP contribution in [0.15, 0.2) is 40.4 Å². The van der Waals surface area contributed by atoms with Crippen molar-refractivity contribution in [3.05, 3.63) is 47.2 Å². The number of hydroxylamine groups is 1. The third-order valence-electron chi connectivity index (χ3n) is 3.35. The summed E-state index contributed by atoms with van der Waals surface area (Å²) in [6.07, 6.45) is 5.02. The van der Waals surface area contributed by atoms with E-state index in [2.05, 4.69) is 28.4 Å². The third-order valence-corrected chi connectivity index (χ3v) is 4.34. The molecular weight excluding hydrogens is 272 g/mol. The first-order chi connectivity index (χ1) is 9.78. The van der Waals surface area contributed by atoms with Gasteiger partial charge in [-0.15, -0.1) is 5.10 Å². The van der Waals surface area contributed by atoms with Crippen LogP contribution in [0.1, 0.15) is 23.1 Å². The molecule has 1 aliphatic rings. The number of hydrogen-bond donors (Lipinski definition) is 3. The molecule has 0 unspecified atom stereocenters. The number of nitrogens with zero attached hydrogens (tertiary/aromatic N) is 2. The van der Waals surface area contributed by atoms with Crippen molar-refractivity contribution in [2.24, 2.45) is 0 Å². The van der Waals surface area contributed by atoms with Gasteiger partial charge in [0, 0.05) is 4.90 Å². The molecule has 1 heterocycles. The fourth-order valence-corrected chi connectivity index (χ4v) is 3.30. The maximum Gasteiger partial charge on any atom is 0.152 e. The number of amidine groups is 1. The van der Waals surface area contributed by atoms with E-state index in [9.17, 15) is 0 Å². The van der Waals surface area contributed by atoms with Gasteiger partial charge in [0.05, 0.1) is 11.8 Å². The molecule has 20 heavy (non-hydrogen) atoms. The van der Waals surface area contributed by atoms with Gasteiger partial charge >= 0.3 is 0 Å². The summed E-state index contributed by atoms with van der Waals surface area (Å²) < 4.78 is 0. The highest BCUT2D eigenvalue weighted by molar-refractivity contribution is 7.99. The quantitative estimate of drug-likeness (QED) is 0.458. The molecule has 0 aliphatic heterocycles. The van der Waals surface area contributed by atoms with Crippen LogP contribution in [0.5, 0.6) is 0 Å². The lowest BCUT2D eigenvalue weighted by Crippen LogP contribution is -2.20. The number of nitrogens with one attached hydrogen (secondary N) is 2. The second-order valence-corrected chi connectivity index (χ2v) is 5.69. The van der Waals surface area contributed by atoms with Crippen molar-refractivity contribution in [3.63, 3.8) is 0 Å². The smallest absolute Gasteiger partial charge is 0.152 e. The Hall–Kier alpha value is -1.92. The molecule has 3 N–H and O–H groups in total. The summed E-state index contributed by atoms with van der Waals surface area (Å²) in [5.74, 6) is -0.0800. The third kappa shape index (κ3) is 2.52. The van der Waals surface area contributed by atoms with E-state index >= 15 is 0 Å². The van der Waals surface area contributed by atoms with E-state index in [1.165, 1.54) is 35.5 Å². The fourth-order valence-electron chi connectivity index (χ4n) is 2.37. The summed E-state index contributed by atoms with van der Waals surface area (Å²) in [5.41, 5.74) is 5.21. The van der Waals surface area contributed by atoms with E-state index in [0.717, 1.165) is 17.7 Å². The monoisotopic (exact) mass is 286 g/mol. The van der Waals surface area contributed by atoms with E-state index in [1.807, 2.05) is 5.48 Å². The zero-order valence-corrected chi connectivity index (χ0v) is 11.6. The van der Waals surface area contributed by atoms with Crippen molar-refractivity contribution in [2.75, 3.05) is 0 Å². The van der Waals surface area contributed by atoms with Gasteiger partial charge < -0.3 is 0 Å². The summed E-state index contributed by atoms with van der Waals surface area (Å²) in [6.45, 7) is 0. The Morgan fingerprint density at radius 3 is 2.95 bits per heavy atom. The second-order valence-electron chi connectivity index (χ2n) is 4.62. The summed E-state index contributed by atoms with van der Waals surface area (Å²) in [4.78, 5) is 1.08. The van der Waals surface area contributed by atoms with E-state index in [4.69, 9.17) is 10.6 Å². The van der Waals surface area contributed by atoms with Crippen LogP contribution in [-0.2, 0) is 12.8 Å². The Morgan fingerprint density at radius 1 is 1.25 bits per heavy atom. The minimum Gasteiger partial charge on any atom is -0.290 e. The number of benzene rings is 1. The SMILES string of the molecule is N=C(NO)c1ccnnc1Sc1ccc2c(c1)CCC2. The molecule has 0 spiro atoms. The van der Waals surface area contributed by atoms with Crippen LogP contribution in [-0.4, -0.2) is 21.2 Å². The van der Waals surface area contributed by atoms with Gasteiger partial charge in [-0.3, -0.25) is 16.1 Å². The van der Waals surface area contributed by atoms with Crippen molar-refractivity contribution in [1.82, 2.24) is 15.7 Å². The molecule has 6 heteroatoms. The first-order valence-corrected chi connectivity index (χ1v) is 7.20. The lowest BCUT2D eigenvalue weighted by atomic mass is 10.1. The highest BCUT2D eigenvalue weighted by atomic mass is 32.2. The van der Waals surface area contributed by atoms with E-state index in [0.29, 0.717) is 10.6 Å². The molecule has 3 rings (SSSR count). The molecule has 0 saturated heterocycles. The van der Waals surface area contributed by atoms with Crippen molar-refractivity contribution >= 4 is 17.6 Å². The van der Waals surface area contributed by atoms with Gasteiger partial charge in [0.25, 0.3) is 0 Å². The largest absolute Gasteiger partial charge is 0.290 e. The Labute approximate surface area is 120 Å². The highest BCUT2D eigenvalue weighted by Gasteiger charge is 2.14. The van der Waals surface area contributed by atoms with Crippen LogP contribution in [0.2, 0.25) is 0 Å². The predicted octanol–water partition coefficient (Wildman–Crippen LogP) is 2.42. The van der Waals surface area contributed by atoms with Crippen LogP contribution in [0.3, 0.4) is 0 Å². The zero-order chi connectivity index (χ0) is 13.9. The molecule has 0 saturated carbocycles. The van der Waals surface area contributed by atoms with Gasteiger partial charge in [-0.2, -0.15) is 5.10 Å². The predicted molar refractivity (Wildman–Crippen MR) is 76.4 cm³/mol. The Morgan fingerprint density at radius 2 is 2.10 bits per heavy atom. The summed E-state index contributed by atoms with van der Waals surface area (Å²) in [5, 5.41) is 25.1. The number of hydrogen-bond acceptors (Lipinski definition) is 5. The molecule has 0 atom stereocenters. The topological polar surface area (TPSA) is 81.9 Å². The highest BCUT2D eigenvalue weighted by Crippen LogP contribution is 2.32. The minimum atomic E-state index is -0.0800. The van der Waals surface area contributed by atoms with Crippen molar-refractivity contribution in [2.45, 2.75) is 29.2 Å². The first kappa shape index (κ1) is 13.1. The lowest BCUT2D eigenvalue weighted by molar-refractivity contribution is 0.234. The number of aromatic nitrogens is 2. The van der Waals surface area contributed by atoms with Gasteiger partial charge in [0.15, 0.2) is 5.84 Å². The second kappa shape index (κ2) is 5.60. The average Bonchev–Trinajstić information content (AvgIpc) is 2.94. The van der Waals surface area contributed by atoms with Gasteiger partial charge in [0.1, 0.15) is 5.03 Å². The van der Waals surface area contributed by atoms with Crippen LogP contribution in [0.4, 0.5) is 0 Å². The van der Waals surface area contributed by atoms with Crippen LogP contribution < -0.4 is 5.48 Å². The van der Waals surface area contributed by atoms with Gasteiger partial charge in [-0.25, -0.2) is 0 Å². The molecule has 0 fully saturated rings. The standard InChI is InChI=1S/C14H14N4OS/c15-13(18-19)12-6-7-16-17-14(12)20-11-5-4-9-2-1-3-10(9)8-11/h4-8,19H,1-3H2,(H2,15,18). The maximum absolute atomic E-state index is 8.87. The molecule has 2 aromatic rings. The lowest BCUT2D eigenvalue weighted by Gasteiger charge is -2.08. The van der Waals surface area contributed by atoms with Crippen molar-refractivity contribution < 1.29 is 5.21 Å². The van der Waals surface area contributed by atoms with E-state index < -0.39 is 0 Å². The fraction of sp³-hybridized carbons (Fsp3) is 0.214. The zero-order valence-electron chi connectivity index (χ0n) is 10.8. The number of aryl methyl sites for hydroxylation is 2. The normalized spacial score (nSPS) is 13.1.